The minimum atomic E-state index is -0.0438. The van der Waals surface area contributed by atoms with Crippen molar-refractivity contribution in [3.8, 4) is 0 Å². The Morgan fingerprint density at radius 3 is 2.67 bits per heavy atom. The molecular weight excluding hydrogens is 226 g/mol. The predicted molar refractivity (Wildman–Crippen MR) is 71.5 cm³/mol. The van der Waals surface area contributed by atoms with Gasteiger partial charge in [0.05, 0.1) is 6.61 Å². The lowest BCUT2D eigenvalue weighted by molar-refractivity contribution is 0.118. The maximum atomic E-state index is 11.1. The lowest BCUT2D eigenvalue weighted by atomic mass is 10.1. The molecule has 0 unspecified atom stereocenters. The largest absolute Gasteiger partial charge is 0.377 e. The molecule has 0 saturated carbocycles. The van der Waals surface area contributed by atoms with E-state index in [4.69, 9.17) is 4.74 Å². The van der Waals surface area contributed by atoms with Crippen molar-refractivity contribution in [3.63, 3.8) is 0 Å². The second-order valence-corrected chi connectivity index (χ2v) is 4.20. The van der Waals surface area contributed by atoms with Crippen LogP contribution in [-0.4, -0.2) is 11.6 Å². The van der Waals surface area contributed by atoms with Crippen LogP contribution < -0.4 is 5.56 Å². The van der Waals surface area contributed by atoms with E-state index in [9.17, 15) is 4.79 Å². The number of nitrogens with one attached hydrogen (secondary N) is 1. The summed E-state index contributed by atoms with van der Waals surface area (Å²) in [7, 11) is 0. The molecule has 1 aromatic carbocycles. The Hall–Kier alpha value is -1.87. The van der Waals surface area contributed by atoms with Gasteiger partial charge in [-0.2, -0.15) is 0 Å². The molecule has 2 rings (SSSR count). The Morgan fingerprint density at radius 2 is 1.89 bits per heavy atom. The molecule has 0 aliphatic rings. The van der Waals surface area contributed by atoms with E-state index in [1.54, 1.807) is 12.3 Å². The molecule has 1 N–H and O–H groups in total. The average molecular weight is 243 g/mol. The number of hydrogen-bond acceptors (Lipinski definition) is 2. The van der Waals surface area contributed by atoms with E-state index in [0.29, 0.717) is 13.2 Å². The fraction of sp³-hybridized carbons (Fsp3) is 0.267. The van der Waals surface area contributed by atoms with E-state index >= 15 is 0 Å². The van der Waals surface area contributed by atoms with Crippen LogP contribution in [0.15, 0.2) is 53.5 Å². The molecule has 2 aromatic rings. The molecule has 0 aliphatic carbocycles. The van der Waals surface area contributed by atoms with Gasteiger partial charge in [0.15, 0.2) is 0 Å². The monoisotopic (exact) mass is 243 g/mol. The number of aromatic nitrogens is 1. The summed E-state index contributed by atoms with van der Waals surface area (Å²) in [4.78, 5) is 13.7. The molecule has 0 amide bonds. The van der Waals surface area contributed by atoms with Gasteiger partial charge in [-0.05, 0) is 30.0 Å². The fourth-order valence-electron chi connectivity index (χ4n) is 1.79. The van der Waals surface area contributed by atoms with Crippen LogP contribution in [0.3, 0.4) is 0 Å². The smallest absolute Gasteiger partial charge is 0.248 e. The normalized spacial score (nSPS) is 10.4. The summed E-state index contributed by atoms with van der Waals surface area (Å²) in [6.45, 7) is 1.36. The van der Waals surface area contributed by atoms with E-state index in [0.717, 1.165) is 18.4 Å². The van der Waals surface area contributed by atoms with Gasteiger partial charge in [-0.25, -0.2) is 0 Å². The summed E-state index contributed by atoms with van der Waals surface area (Å²) in [5.41, 5.74) is 2.20. The SMILES string of the molecule is O=c1cc(CCCOCc2ccccc2)cc[nH]1. The van der Waals surface area contributed by atoms with E-state index in [2.05, 4.69) is 17.1 Å². The number of hydrogen-bond donors (Lipinski definition) is 1. The topological polar surface area (TPSA) is 42.1 Å². The van der Waals surface area contributed by atoms with Gasteiger partial charge >= 0.3 is 0 Å². The van der Waals surface area contributed by atoms with Crippen molar-refractivity contribution < 1.29 is 4.74 Å². The van der Waals surface area contributed by atoms with Crippen molar-refractivity contribution >= 4 is 0 Å². The number of pyridine rings is 1. The van der Waals surface area contributed by atoms with Crippen LogP contribution in [0, 0.1) is 0 Å². The van der Waals surface area contributed by atoms with E-state index < -0.39 is 0 Å². The molecule has 3 heteroatoms. The number of H-pyrrole nitrogens is 1. The molecular formula is C15H17NO2. The van der Waals surface area contributed by atoms with Gasteiger partial charge in [0, 0.05) is 18.9 Å². The zero-order valence-electron chi connectivity index (χ0n) is 10.3. The molecule has 0 aliphatic heterocycles. The van der Waals surface area contributed by atoms with Crippen LogP contribution in [0.5, 0.6) is 0 Å². The van der Waals surface area contributed by atoms with Gasteiger partial charge in [-0.1, -0.05) is 30.3 Å². The third kappa shape index (κ3) is 4.18. The zero-order valence-corrected chi connectivity index (χ0v) is 10.3. The Labute approximate surface area is 106 Å². The Morgan fingerprint density at radius 1 is 1.06 bits per heavy atom. The Kier molecular flexibility index (Phi) is 4.73. The van der Waals surface area contributed by atoms with Gasteiger partial charge in [-0.3, -0.25) is 4.79 Å². The second-order valence-electron chi connectivity index (χ2n) is 4.20. The van der Waals surface area contributed by atoms with Crippen LogP contribution >= 0.6 is 0 Å². The summed E-state index contributed by atoms with van der Waals surface area (Å²) >= 11 is 0. The standard InChI is InChI=1S/C15H17NO2/c17-15-11-13(8-9-16-15)7-4-10-18-12-14-5-2-1-3-6-14/h1-3,5-6,8-9,11H,4,7,10,12H2,(H,16,17). The van der Waals surface area contributed by atoms with Crippen LogP contribution in [0.25, 0.3) is 0 Å². The summed E-state index contributed by atoms with van der Waals surface area (Å²) in [6, 6.07) is 13.7. The minimum Gasteiger partial charge on any atom is -0.377 e. The Bertz CT molecular complexity index is 519. The minimum absolute atomic E-state index is 0.0438. The van der Waals surface area contributed by atoms with Gasteiger partial charge in [0.1, 0.15) is 0 Å². The Balaban J connectivity index is 1.66. The van der Waals surface area contributed by atoms with Gasteiger partial charge in [0.25, 0.3) is 0 Å². The molecule has 3 nitrogen and oxygen atoms in total. The quantitative estimate of drug-likeness (QED) is 0.792. The second kappa shape index (κ2) is 6.77. The number of rotatable bonds is 6. The van der Waals surface area contributed by atoms with E-state index in [-0.39, 0.29) is 5.56 Å². The van der Waals surface area contributed by atoms with E-state index in [1.807, 2.05) is 24.3 Å². The number of benzene rings is 1. The first-order valence-corrected chi connectivity index (χ1v) is 6.14. The molecule has 1 heterocycles. The highest BCUT2D eigenvalue weighted by Gasteiger charge is 1.95. The maximum Gasteiger partial charge on any atom is 0.248 e. The average Bonchev–Trinajstić information content (AvgIpc) is 2.40. The highest BCUT2D eigenvalue weighted by atomic mass is 16.5. The number of aromatic amines is 1. The molecule has 0 fully saturated rings. The van der Waals surface area contributed by atoms with E-state index in [1.165, 1.54) is 5.56 Å². The molecule has 0 spiro atoms. The summed E-state index contributed by atoms with van der Waals surface area (Å²) in [5.74, 6) is 0. The highest BCUT2D eigenvalue weighted by molar-refractivity contribution is 5.13. The molecule has 1 aromatic heterocycles. The molecule has 0 saturated heterocycles. The predicted octanol–water partition coefficient (Wildman–Crippen LogP) is 2.52. The van der Waals surface area contributed by atoms with Gasteiger partial charge in [-0.15, -0.1) is 0 Å². The molecule has 0 atom stereocenters. The summed E-state index contributed by atoms with van der Waals surface area (Å²) < 4.78 is 5.59. The molecule has 94 valence electrons. The number of aryl methyl sites for hydroxylation is 1. The van der Waals surface area contributed by atoms with Crippen LogP contribution in [-0.2, 0) is 17.8 Å². The lowest BCUT2D eigenvalue weighted by Gasteiger charge is -2.04. The molecule has 0 radical (unpaired) electrons. The van der Waals surface area contributed by atoms with Crippen LogP contribution in [0.1, 0.15) is 17.5 Å². The van der Waals surface area contributed by atoms with Crippen molar-refractivity contribution in [2.45, 2.75) is 19.4 Å². The lowest BCUT2D eigenvalue weighted by Crippen LogP contribution is -2.05. The van der Waals surface area contributed by atoms with Gasteiger partial charge in [0.2, 0.25) is 5.56 Å². The molecule has 0 bridgehead atoms. The zero-order chi connectivity index (χ0) is 12.6. The number of ether oxygens (including phenoxy) is 1. The third-order valence-electron chi connectivity index (χ3n) is 2.71. The summed E-state index contributed by atoms with van der Waals surface area (Å²) in [6.07, 6.45) is 3.48. The fourth-order valence-corrected chi connectivity index (χ4v) is 1.79. The van der Waals surface area contributed by atoms with Crippen LogP contribution in [0.2, 0.25) is 0 Å². The summed E-state index contributed by atoms with van der Waals surface area (Å²) in [5, 5.41) is 0. The van der Waals surface area contributed by atoms with Crippen molar-refractivity contribution in [1.82, 2.24) is 4.98 Å². The first kappa shape index (κ1) is 12.6. The van der Waals surface area contributed by atoms with Crippen molar-refractivity contribution in [2.75, 3.05) is 6.61 Å². The highest BCUT2D eigenvalue weighted by Crippen LogP contribution is 2.03. The van der Waals surface area contributed by atoms with Gasteiger partial charge < -0.3 is 9.72 Å². The van der Waals surface area contributed by atoms with Crippen molar-refractivity contribution in [2.24, 2.45) is 0 Å². The first-order valence-electron chi connectivity index (χ1n) is 6.14. The van der Waals surface area contributed by atoms with Crippen molar-refractivity contribution in [1.29, 1.82) is 0 Å². The van der Waals surface area contributed by atoms with Crippen LogP contribution in [0.4, 0.5) is 0 Å². The maximum absolute atomic E-state index is 11.1. The first-order chi connectivity index (χ1) is 8.84. The third-order valence-corrected chi connectivity index (χ3v) is 2.71. The van der Waals surface area contributed by atoms with Crippen molar-refractivity contribution in [3.05, 3.63) is 70.1 Å². The molecule has 18 heavy (non-hydrogen) atoms.